The lowest BCUT2D eigenvalue weighted by molar-refractivity contribution is 0.0761. The number of benzene rings is 1. The normalized spacial score (nSPS) is 16.0. The Hall–Kier alpha value is -2.04. The van der Waals surface area contributed by atoms with Gasteiger partial charge in [-0.05, 0) is 45.7 Å². The molecule has 5 heteroatoms. The third-order valence-electron chi connectivity index (χ3n) is 3.93. The number of urea groups is 1. The average molecular weight is 317 g/mol. The molecule has 0 spiro atoms. The summed E-state index contributed by atoms with van der Waals surface area (Å²) in [6, 6.07) is 7.59. The van der Waals surface area contributed by atoms with Crippen molar-refractivity contribution < 1.29 is 9.59 Å². The highest BCUT2D eigenvalue weighted by atomic mass is 16.2. The van der Waals surface area contributed by atoms with Gasteiger partial charge in [0.2, 0.25) is 0 Å². The highest BCUT2D eigenvalue weighted by Crippen LogP contribution is 2.13. The van der Waals surface area contributed by atoms with Crippen LogP contribution in [0.25, 0.3) is 0 Å². The predicted molar refractivity (Wildman–Crippen MR) is 91.6 cm³/mol. The van der Waals surface area contributed by atoms with Gasteiger partial charge in [-0.25, -0.2) is 4.79 Å². The van der Waals surface area contributed by atoms with E-state index in [4.69, 9.17) is 0 Å². The first-order chi connectivity index (χ1) is 10.8. The van der Waals surface area contributed by atoms with Crippen LogP contribution >= 0.6 is 0 Å². The first-order valence-corrected chi connectivity index (χ1v) is 8.20. The summed E-state index contributed by atoms with van der Waals surface area (Å²) in [4.78, 5) is 28.6. The van der Waals surface area contributed by atoms with Crippen LogP contribution in [0.15, 0.2) is 24.3 Å². The van der Waals surface area contributed by atoms with E-state index in [9.17, 15) is 9.59 Å². The monoisotopic (exact) mass is 317 g/mol. The van der Waals surface area contributed by atoms with Crippen molar-refractivity contribution in [2.45, 2.75) is 39.7 Å². The van der Waals surface area contributed by atoms with Gasteiger partial charge < -0.3 is 15.1 Å². The van der Waals surface area contributed by atoms with E-state index in [1.807, 2.05) is 56.9 Å². The molecule has 0 unspecified atom stereocenters. The molecule has 126 valence electrons. The molecule has 1 aliphatic rings. The standard InChI is InChI=1S/C18H27N3O2/c1-14-8-5-6-9-15(14)16(22)20-10-7-11-21(13-12-20)17(23)19-18(2,3)4/h5-6,8-9H,7,10-13H2,1-4H3,(H,19,23). The molecular formula is C18H27N3O2. The molecule has 1 aliphatic heterocycles. The Balaban J connectivity index is 2.00. The largest absolute Gasteiger partial charge is 0.337 e. The molecule has 0 radical (unpaired) electrons. The summed E-state index contributed by atoms with van der Waals surface area (Å²) in [6.45, 7) is 10.4. The number of nitrogens with one attached hydrogen (secondary N) is 1. The Kier molecular flexibility index (Phi) is 5.29. The second kappa shape index (κ2) is 7.02. The second-order valence-electron chi connectivity index (χ2n) is 7.13. The number of aryl methyl sites for hydroxylation is 1. The minimum atomic E-state index is -0.250. The number of amides is 3. The van der Waals surface area contributed by atoms with Crippen molar-refractivity contribution in [1.82, 2.24) is 15.1 Å². The van der Waals surface area contributed by atoms with Crippen molar-refractivity contribution in [2.24, 2.45) is 0 Å². The van der Waals surface area contributed by atoms with Crippen LogP contribution < -0.4 is 5.32 Å². The zero-order chi connectivity index (χ0) is 17.0. The zero-order valence-electron chi connectivity index (χ0n) is 14.6. The van der Waals surface area contributed by atoms with Crippen LogP contribution in [0.1, 0.15) is 43.1 Å². The van der Waals surface area contributed by atoms with E-state index in [1.54, 1.807) is 4.90 Å². The summed E-state index contributed by atoms with van der Waals surface area (Å²) in [5.41, 5.74) is 1.49. The van der Waals surface area contributed by atoms with Crippen LogP contribution in [0.3, 0.4) is 0 Å². The molecule has 1 fully saturated rings. The summed E-state index contributed by atoms with van der Waals surface area (Å²) < 4.78 is 0. The van der Waals surface area contributed by atoms with Crippen LogP contribution in [0.5, 0.6) is 0 Å². The van der Waals surface area contributed by atoms with E-state index in [0.717, 1.165) is 17.5 Å². The number of hydrogen-bond acceptors (Lipinski definition) is 2. The third kappa shape index (κ3) is 4.71. The van der Waals surface area contributed by atoms with Crippen LogP contribution in [0.4, 0.5) is 4.79 Å². The third-order valence-corrected chi connectivity index (χ3v) is 3.93. The molecule has 0 aromatic heterocycles. The van der Waals surface area contributed by atoms with Crippen molar-refractivity contribution in [1.29, 1.82) is 0 Å². The van der Waals surface area contributed by atoms with Gasteiger partial charge in [0.25, 0.3) is 5.91 Å². The molecule has 1 aromatic rings. The molecule has 23 heavy (non-hydrogen) atoms. The molecule has 3 amide bonds. The van der Waals surface area contributed by atoms with Crippen LogP contribution in [-0.4, -0.2) is 53.5 Å². The van der Waals surface area contributed by atoms with E-state index in [2.05, 4.69) is 5.32 Å². The number of rotatable bonds is 1. The summed E-state index contributed by atoms with van der Waals surface area (Å²) >= 11 is 0. The van der Waals surface area contributed by atoms with Gasteiger partial charge >= 0.3 is 6.03 Å². The molecule has 1 heterocycles. The molecule has 2 rings (SSSR count). The van der Waals surface area contributed by atoms with Gasteiger partial charge in [0.15, 0.2) is 0 Å². The summed E-state index contributed by atoms with van der Waals surface area (Å²) in [5.74, 6) is 0.0566. The Morgan fingerprint density at radius 2 is 1.61 bits per heavy atom. The first kappa shape index (κ1) is 17.3. The summed E-state index contributed by atoms with van der Waals surface area (Å²) in [7, 11) is 0. The molecular weight excluding hydrogens is 290 g/mol. The molecule has 0 aliphatic carbocycles. The van der Waals surface area contributed by atoms with Gasteiger partial charge in [0, 0.05) is 37.3 Å². The van der Waals surface area contributed by atoms with Crippen LogP contribution in [-0.2, 0) is 0 Å². The van der Waals surface area contributed by atoms with Crippen molar-refractivity contribution in [3.05, 3.63) is 35.4 Å². The number of carbonyl (C=O) groups excluding carboxylic acids is 2. The number of hydrogen-bond donors (Lipinski definition) is 1. The molecule has 1 aromatic carbocycles. The Morgan fingerprint density at radius 3 is 2.26 bits per heavy atom. The lowest BCUT2D eigenvalue weighted by Gasteiger charge is -2.27. The molecule has 5 nitrogen and oxygen atoms in total. The molecule has 1 saturated heterocycles. The Labute approximate surface area is 138 Å². The maximum Gasteiger partial charge on any atom is 0.317 e. The van der Waals surface area contributed by atoms with Crippen LogP contribution in [0.2, 0.25) is 0 Å². The quantitative estimate of drug-likeness (QED) is 0.866. The maximum absolute atomic E-state index is 12.7. The van der Waals surface area contributed by atoms with Crippen LogP contribution in [0, 0.1) is 6.92 Å². The van der Waals surface area contributed by atoms with Gasteiger partial charge in [-0.2, -0.15) is 0 Å². The lowest BCUT2D eigenvalue weighted by atomic mass is 10.1. The zero-order valence-corrected chi connectivity index (χ0v) is 14.6. The highest BCUT2D eigenvalue weighted by Gasteiger charge is 2.25. The fraction of sp³-hybridized carbons (Fsp3) is 0.556. The lowest BCUT2D eigenvalue weighted by Crippen LogP contribution is -2.49. The van der Waals surface area contributed by atoms with Gasteiger partial charge in [-0.15, -0.1) is 0 Å². The topological polar surface area (TPSA) is 52.7 Å². The molecule has 0 bridgehead atoms. The second-order valence-corrected chi connectivity index (χ2v) is 7.13. The fourth-order valence-corrected chi connectivity index (χ4v) is 2.71. The van der Waals surface area contributed by atoms with Crippen molar-refractivity contribution in [2.75, 3.05) is 26.2 Å². The van der Waals surface area contributed by atoms with Gasteiger partial charge in [-0.3, -0.25) is 4.79 Å². The minimum absolute atomic E-state index is 0.0531. The summed E-state index contributed by atoms with van der Waals surface area (Å²) in [6.07, 6.45) is 0.801. The summed E-state index contributed by atoms with van der Waals surface area (Å²) in [5, 5.41) is 2.99. The van der Waals surface area contributed by atoms with Crippen molar-refractivity contribution in [3.8, 4) is 0 Å². The number of carbonyl (C=O) groups is 2. The molecule has 0 atom stereocenters. The predicted octanol–water partition coefficient (Wildman–Crippen LogP) is 2.65. The van der Waals surface area contributed by atoms with Crippen molar-refractivity contribution in [3.63, 3.8) is 0 Å². The SMILES string of the molecule is Cc1ccccc1C(=O)N1CCCN(C(=O)NC(C)(C)C)CC1. The van der Waals surface area contributed by atoms with Gasteiger partial charge in [-0.1, -0.05) is 18.2 Å². The average Bonchev–Trinajstić information content (AvgIpc) is 2.71. The van der Waals surface area contributed by atoms with E-state index in [1.165, 1.54) is 0 Å². The molecule has 1 N–H and O–H groups in total. The Bertz CT molecular complexity index is 578. The number of nitrogens with zero attached hydrogens (tertiary/aromatic N) is 2. The van der Waals surface area contributed by atoms with E-state index >= 15 is 0 Å². The van der Waals surface area contributed by atoms with E-state index in [0.29, 0.717) is 26.2 Å². The van der Waals surface area contributed by atoms with Crippen molar-refractivity contribution >= 4 is 11.9 Å². The van der Waals surface area contributed by atoms with Gasteiger partial charge in [0.1, 0.15) is 0 Å². The maximum atomic E-state index is 12.7. The first-order valence-electron chi connectivity index (χ1n) is 8.20. The minimum Gasteiger partial charge on any atom is -0.337 e. The smallest absolute Gasteiger partial charge is 0.317 e. The molecule has 0 saturated carbocycles. The van der Waals surface area contributed by atoms with E-state index in [-0.39, 0.29) is 17.5 Å². The fourth-order valence-electron chi connectivity index (χ4n) is 2.71. The van der Waals surface area contributed by atoms with E-state index < -0.39 is 0 Å². The highest BCUT2D eigenvalue weighted by molar-refractivity contribution is 5.95. The van der Waals surface area contributed by atoms with Gasteiger partial charge in [0.05, 0.1) is 0 Å². The Morgan fingerprint density at radius 1 is 1.00 bits per heavy atom.